The van der Waals surface area contributed by atoms with Crippen molar-refractivity contribution in [2.75, 3.05) is 11.6 Å². The molecule has 0 saturated heterocycles. The van der Waals surface area contributed by atoms with Gasteiger partial charge >= 0.3 is 0 Å². The van der Waals surface area contributed by atoms with E-state index in [0.29, 0.717) is 21.7 Å². The molecule has 0 saturated carbocycles. The molecular formula is C17H17Cl2FN4S. The Hall–Kier alpha value is -1.76. The van der Waals surface area contributed by atoms with Crippen LogP contribution >= 0.6 is 35.8 Å². The van der Waals surface area contributed by atoms with Gasteiger partial charge in [0.1, 0.15) is 23.5 Å². The standard InChI is InChI=1S/C16H13Cl2FN4.CH4S/c1-9-7-21-16(22-9)15(10-2-4-12(17)13(18)6-10)23-14-5-3-11(19)8-20-14;1-2/h2-8,15H,1H3,(H,20,23)(H,21,22);2H,1H3/t15-;/m1./s1. The summed E-state index contributed by atoms with van der Waals surface area (Å²) in [7, 11) is 0. The van der Waals surface area contributed by atoms with Crippen LogP contribution in [0.2, 0.25) is 10.0 Å². The van der Waals surface area contributed by atoms with E-state index in [0.717, 1.165) is 17.5 Å². The minimum atomic E-state index is -0.393. The molecule has 0 unspecified atom stereocenters. The first kappa shape index (κ1) is 19.6. The third kappa shape index (κ3) is 5.11. The molecule has 25 heavy (non-hydrogen) atoms. The number of aromatic amines is 1. The van der Waals surface area contributed by atoms with Crippen molar-refractivity contribution in [3.05, 3.63) is 75.7 Å². The summed E-state index contributed by atoms with van der Waals surface area (Å²) in [6, 6.07) is 7.93. The summed E-state index contributed by atoms with van der Waals surface area (Å²) in [5, 5.41) is 4.15. The molecule has 3 aromatic rings. The second-order valence-corrected chi connectivity index (χ2v) is 5.88. The zero-order valence-corrected chi connectivity index (χ0v) is 16.0. The Morgan fingerprint density at radius 3 is 2.40 bits per heavy atom. The average Bonchev–Trinajstić information content (AvgIpc) is 3.05. The fraction of sp³-hybridized carbons (Fsp3) is 0.176. The summed E-state index contributed by atoms with van der Waals surface area (Å²) in [4.78, 5) is 11.6. The number of anilines is 1. The molecule has 0 aliphatic carbocycles. The number of rotatable bonds is 4. The maximum atomic E-state index is 13.0. The highest BCUT2D eigenvalue weighted by atomic mass is 35.5. The van der Waals surface area contributed by atoms with Gasteiger partial charge in [-0.3, -0.25) is 0 Å². The monoisotopic (exact) mass is 398 g/mol. The number of aryl methyl sites for hydroxylation is 1. The minimum absolute atomic E-state index is 0.323. The molecule has 2 N–H and O–H groups in total. The van der Waals surface area contributed by atoms with Crippen molar-refractivity contribution in [1.29, 1.82) is 0 Å². The van der Waals surface area contributed by atoms with E-state index in [1.54, 1.807) is 30.7 Å². The van der Waals surface area contributed by atoms with E-state index in [9.17, 15) is 4.39 Å². The van der Waals surface area contributed by atoms with Gasteiger partial charge < -0.3 is 10.3 Å². The van der Waals surface area contributed by atoms with E-state index in [2.05, 4.69) is 32.9 Å². The lowest BCUT2D eigenvalue weighted by atomic mass is 10.1. The molecule has 0 bridgehead atoms. The Morgan fingerprint density at radius 2 is 1.84 bits per heavy atom. The van der Waals surface area contributed by atoms with Crippen LogP contribution in [-0.2, 0) is 0 Å². The topological polar surface area (TPSA) is 53.6 Å². The normalized spacial score (nSPS) is 11.4. The van der Waals surface area contributed by atoms with Gasteiger partial charge in [0.15, 0.2) is 0 Å². The number of nitrogens with one attached hydrogen (secondary N) is 2. The van der Waals surface area contributed by atoms with Gasteiger partial charge in [-0.1, -0.05) is 29.3 Å². The number of thiol groups is 1. The number of hydrogen-bond donors (Lipinski definition) is 3. The Labute approximate surface area is 161 Å². The summed E-state index contributed by atoms with van der Waals surface area (Å²) in [5.41, 5.74) is 1.79. The number of benzene rings is 1. The maximum absolute atomic E-state index is 13.0. The van der Waals surface area contributed by atoms with Crippen LogP contribution in [0.15, 0.2) is 42.7 Å². The Morgan fingerprint density at radius 1 is 1.08 bits per heavy atom. The summed E-state index contributed by atoms with van der Waals surface area (Å²) in [6.07, 6.45) is 4.58. The molecule has 0 aliphatic rings. The lowest BCUT2D eigenvalue weighted by Crippen LogP contribution is -2.15. The zero-order chi connectivity index (χ0) is 18.4. The van der Waals surface area contributed by atoms with Crippen molar-refractivity contribution in [3.63, 3.8) is 0 Å². The van der Waals surface area contributed by atoms with Crippen molar-refractivity contribution in [3.8, 4) is 0 Å². The van der Waals surface area contributed by atoms with Crippen molar-refractivity contribution in [1.82, 2.24) is 15.0 Å². The molecular weight excluding hydrogens is 382 g/mol. The van der Waals surface area contributed by atoms with E-state index < -0.39 is 5.82 Å². The molecule has 0 amide bonds. The van der Waals surface area contributed by atoms with E-state index >= 15 is 0 Å². The minimum Gasteiger partial charge on any atom is -0.356 e. The number of halogens is 3. The van der Waals surface area contributed by atoms with Crippen LogP contribution in [0.4, 0.5) is 10.2 Å². The van der Waals surface area contributed by atoms with Crippen molar-refractivity contribution in [2.45, 2.75) is 13.0 Å². The van der Waals surface area contributed by atoms with E-state index in [4.69, 9.17) is 23.2 Å². The van der Waals surface area contributed by atoms with Gasteiger partial charge in [0.05, 0.1) is 16.2 Å². The smallest absolute Gasteiger partial charge is 0.141 e. The fourth-order valence-corrected chi connectivity index (χ4v) is 2.50. The summed E-state index contributed by atoms with van der Waals surface area (Å²) < 4.78 is 13.0. The number of nitrogens with zero attached hydrogens (tertiary/aromatic N) is 2. The first-order valence-corrected chi connectivity index (χ1v) is 8.97. The van der Waals surface area contributed by atoms with Crippen LogP contribution in [-0.4, -0.2) is 21.2 Å². The molecule has 0 radical (unpaired) electrons. The van der Waals surface area contributed by atoms with Crippen LogP contribution in [0, 0.1) is 12.7 Å². The van der Waals surface area contributed by atoms with Crippen LogP contribution in [0.25, 0.3) is 0 Å². The van der Waals surface area contributed by atoms with Gasteiger partial charge in [-0.25, -0.2) is 14.4 Å². The Balaban J connectivity index is 0.00000109. The van der Waals surface area contributed by atoms with Crippen LogP contribution in [0.3, 0.4) is 0 Å². The van der Waals surface area contributed by atoms with Gasteiger partial charge in [-0.2, -0.15) is 12.6 Å². The molecule has 0 spiro atoms. The number of hydrogen-bond acceptors (Lipinski definition) is 4. The first-order valence-electron chi connectivity index (χ1n) is 7.32. The Kier molecular flexibility index (Phi) is 7.11. The zero-order valence-electron chi connectivity index (χ0n) is 13.6. The van der Waals surface area contributed by atoms with Gasteiger partial charge in [-0.15, -0.1) is 0 Å². The van der Waals surface area contributed by atoms with Crippen molar-refractivity contribution in [2.24, 2.45) is 0 Å². The van der Waals surface area contributed by atoms with Crippen LogP contribution < -0.4 is 5.32 Å². The van der Waals surface area contributed by atoms with Crippen molar-refractivity contribution < 1.29 is 4.39 Å². The van der Waals surface area contributed by atoms with Crippen molar-refractivity contribution >= 4 is 41.6 Å². The third-order valence-corrected chi connectivity index (χ3v) is 4.03. The molecule has 0 aliphatic heterocycles. The molecule has 2 aromatic heterocycles. The molecule has 132 valence electrons. The molecule has 3 rings (SSSR count). The maximum Gasteiger partial charge on any atom is 0.141 e. The summed E-state index contributed by atoms with van der Waals surface area (Å²) >= 11 is 15.6. The predicted molar refractivity (Wildman–Crippen MR) is 104 cm³/mol. The number of aromatic nitrogens is 3. The molecule has 8 heteroatoms. The van der Waals surface area contributed by atoms with E-state index in [1.165, 1.54) is 6.07 Å². The van der Waals surface area contributed by atoms with Gasteiger partial charge in [0.25, 0.3) is 0 Å². The summed E-state index contributed by atoms with van der Waals surface area (Å²) in [6.45, 7) is 1.92. The highest BCUT2D eigenvalue weighted by Crippen LogP contribution is 2.30. The third-order valence-electron chi connectivity index (χ3n) is 3.29. The highest BCUT2D eigenvalue weighted by Gasteiger charge is 2.19. The molecule has 1 aromatic carbocycles. The van der Waals surface area contributed by atoms with Crippen LogP contribution in [0.5, 0.6) is 0 Å². The molecule has 4 nitrogen and oxygen atoms in total. The molecule has 1 atom stereocenters. The SMILES string of the molecule is CS.Cc1cnc([C@H](Nc2ccc(F)cn2)c2ccc(Cl)c(Cl)c2)[nH]1. The highest BCUT2D eigenvalue weighted by molar-refractivity contribution is 7.79. The molecule has 0 fully saturated rings. The van der Waals surface area contributed by atoms with Gasteiger partial charge in [0, 0.05) is 11.9 Å². The van der Waals surface area contributed by atoms with E-state index in [1.807, 2.05) is 13.0 Å². The number of imidazole rings is 1. The number of H-pyrrole nitrogens is 1. The lowest BCUT2D eigenvalue weighted by molar-refractivity contribution is 0.621. The fourth-order valence-electron chi connectivity index (χ4n) is 2.19. The second kappa shape index (κ2) is 9.08. The van der Waals surface area contributed by atoms with E-state index in [-0.39, 0.29) is 6.04 Å². The number of pyridine rings is 1. The average molecular weight is 399 g/mol. The Bertz CT molecular complexity index is 824. The summed E-state index contributed by atoms with van der Waals surface area (Å²) in [5.74, 6) is 0.832. The van der Waals surface area contributed by atoms with Gasteiger partial charge in [0.2, 0.25) is 0 Å². The largest absolute Gasteiger partial charge is 0.356 e. The quantitative estimate of drug-likeness (QED) is 0.522. The second-order valence-electron chi connectivity index (χ2n) is 5.06. The van der Waals surface area contributed by atoms with Crippen LogP contribution in [0.1, 0.15) is 23.1 Å². The first-order chi connectivity index (χ1) is 12.0. The predicted octanol–water partition coefficient (Wildman–Crippen LogP) is 5.31. The van der Waals surface area contributed by atoms with Gasteiger partial charge in [-0.05, 0) is 43.0 Å². The lowest BCUT2D eigenvalue weighted by Gasteiger charge is -2.18. The molecule has 2 heterocycles.